The molecule has 5 aromatic heterocycles. The summed E-state index contributed by atoms with van der Waals surface area (Å²) in [6.45, 7) is 11.8. The summed E-state index contributed by atoms with van der Waals surface area (Å²) in [6.07, 6.45) is -11.3. The molecular formula is C72H74F6I2N10Na2O26. The van der Waals surface area contributed by atoms with Crippen molar-refractivity contribution in [3.8, 4) is 0 Å². The molecule has 5 aliphatic heterocycles. The van der Waals surface area contributed by atoms with Crippen molar-refractivity contribution in [1.29, 1.82) is 0 Å². The zero-order valence-corrected chi connectivity index (χ0v) is 71.7. The van der Waals surface area contributed by atoms with Gasteiger partial charge in [0.1, 0.15) is 35.9 Å². The average Bonchev–Trinajstić information content (AvgIpc) is 1.58. The van der Waals surface area contributed by atoms with Crippen molar-refractivity contribution < 1.29 is 164 Å². The summed E-state index contributed by atoms with van der Waals surface area (Å²) in [4.78, 5) is 158. The Labute approximate surface area is 731 Å². The van der Waals surface area contributed by atoms with Crippen LogP contribution in [0.15, 0.2) is 225 Å². The molecule has 5 aliphatic rings. The third-order valence-corrected chi connectivity index (χ3v) is 19.7. The van der Waals surface area contributed by atoms with E-state index in [1.165, 1.54) is 43.3 Å². The molecule has 3 aromatic carbocycles. The summed E-state index contributed by atoms with van der Waals surface area (Å²) in [5, 5.41) is 56.3. The molecule has 0 aliphatic carbocycles. The number of ether oxygens (including phenoxy) is 7. The summed E-state index contributed by atoms with van der Waals surface area (Å²) in [6, 6.07) is 29.1. The van der Waals surface area contributed by atoms with Gasteiger partial charge in [-0.05, 0) is 64.4 Å². The number of carbonyl (C=O) groups excluding carboxylic acids is 3. The van der Waals surface area contributed by atoms with E-state index in [-0.39, 0.29) is 91.8 Å². The molecule has 0 saturated carbocycles. The molecule has 13 rings (SSSR count). The molecule has 46 heteroatoms. The molecule has 118 heavy (non-hydrogen) atoms. The number of nitrogens with zero attached hydrogens (tertiary/aromatic N) is 5. The fourth-order valence-electron chi connectivity index (χ4n) is 11.8. The minimum atomic E-state index is -2.67. The molecule has 5 saturated heterocycles. The van der Waals surface area contributed by atoms with Crippen LogP contribution in [0.2, 0.25) is 0 Å². The van der Waals surface area contributed by atoms with Gasteiger partial charge in [0.2, 0.25) is 18.1 Å². The largest absolute Gasteiger partial charge is 1.00 e. The summed E-state index contributed by atoms with van der Waals surface area (Å²) < 4.78 is 130. The van der Waals surface area contributed by atoms with Crippen molar-refractivity contribution in [3.63, 3.8) is 0 Å². The minimum Gasteiger partial charge on any atom is -0.857 e. The number of aromatic carboxylic acids is 1. The Morgan fingerprint density at radius 3 is 1.07 bits per heavy atom. The number of aromatic nitrogens is 10. The first-order valence-corrected chi connectivity index (χ1v) is 36.8. The van der Waals surface area contributed by atoms with Crippen molar-refractivity contribution in [2.45, 2.75) is 143 Å². The number of carboxylic acids is 1. The van der Waals surface area contributed by atoms with Gasteiger partial charge in [0.25, 0.3) is 33.7 Å². The number of aliphatic hydroxyl groups is 4. The normalized spacial score (nSPS) is 28.7. The minimum absolute atomic E-state index is 0. The Kier molecular flexibility index (Phi) is 35.5. The zero-order chi connectivity index (χ0) is 86.5. The molecule has 5 fully saturated rings. The summed E-state index contributed by atoms with van der Waals surface area (Å²) in [5.41, 5.74) is -18.2. The van der Waals surface area contributed by atoms with Crippen LogP contribution in [0.25, 0.3) is 0 Å². The molecule has 10 heterocycles. The van der Waals surface area contributed by atoms with Crippen molar-refractivity contribution in [1.82, 2.24) is 47.8 Å². The van der Waals surface area contributed by atoms with Gasteiger partial charge in [0.15, 0.2) is 53.6 Å². The number of esters is 2. The number of alkyl halides is 8. The predicted molar refractivity (Wildman–Crippen MR) is 405 cm³/mol. The van der Waals surface area contributed by atoms with E-state index < -0.39 is 189 Å². The fourth-order valence-corrected chi connectivity index (χ4v) is 13.0. The van der Waals surface area contributed by atoms with Crippen LogP contribution in [0.5, 0.6) is 0 Å². The molecule has 0 bridgehead atoms. The van der Waals surface area contributed by atoms with Crippen LogP contribution in [0.1, 0.15) is 96.8 Å². The van der Waals surface area contributed by atoms with Crippen molar-refractivity contribution in [2.75, 3.05) is 22.6 Å². The molecule has 8 aromatic rings. The van der Waals surface area contributed by atoms with Crippen LogP contribution < -0.4 is 126 Å². The monoisotopic (exact) mass is 1910 g/mol. The number of H-pyrrole nitrogens is 5. The molecule has 36 nitrogen and oxygen atoms in total. The number of hydrogen-bond donors (Lipinski definition) is 9. The smallest absolute Gasteiger partial charge is 0.857 e. The Morgan fingerprint density at radius 2 is 0.771 bits per heavy atom. The number of rotatable bonds is 13. The first kappa shape index (κ1) is 99.8. The SMILES string of the molecule is C=C1O[C@@H](n2ccc(=O)[nH]c2=O)[C@](C)(F)[C@@H]1O.C=C1O[C@@H](n2ccc(=O)[nH]c2=O)[C@](C)(F)[C@@H]1OC(=O)c1ccccc1.C[C@@]1(F)[C@H](O)[C@@H](CI)O[C@H]1n1ccc(=O)[nH]c1=O.C[C@@]1(F)[C@H](O)[C@@H](CO)O[C@H]1n1ccc(=O)[nH]c1=O.C[C@]1(F)[C@H](n2ccc(=O)[nH]c2=O)O[C@](F)(CI)[C@H]1OC(=O)c1ccccc1.C[O-].O=C([O-])c1ccccc1.[Na+].[Na+]. The maximum Gasteiger partial charge on any atom is 1.00 e. The fraction of sp³-hybridized carbons (Fsp3) is 0.375. The van der Waals surface area contributed by atoms with E-state index in [0.717, 1.165) is 119 Å². The van der Waals surface area contributed by atoms with E-state index in [9.17, 15) is 95.9 Å². The van der Waals surface area contributed by atoms with Crippen LogP contribution in [-0.4, -0.2) is 186 Å². The molecule has 0 radical (unpaired) electrons. The first-order valence-electron chi connectivity index (χ1n) is 33.8. The number of carboxylic acid groups (broad SMARTS) is 1. The number of nitrogens with one attached hydrogen (secondary N) is 5. The topological polar surface area (TPSA) is 517 Å². The maximum atomic E-state index is 15.6. The van der Waals surface area contributed by atoms with E-state index in [1.807, 2.05) is 47.5 Å². The van der Waals surface area contributed by atoms with Gasteiger partial charge in [-0.15, -0.1) is 0 Å². The molecule has 0 unspecified atom stereocenters. The standard InChI is InChI=1S/C17H15F2IN2O5.C17H15FN2O5.C10H12FIN2O4.C10H13FN2O5.C10H11FN2O4.C7H6O2.CH3O.2Na/c1-16(18)13(26-12(24)10-5-3-2-4-6-10)17(19,9-20)27-14(16)22-8-7-11(23)21-15(22)25;1-10-13(25-14(22)11-6-4-3-5-7-11)17(2,18)15(24-10)20-9-8-12(21)19-16(20)23;1-10(11)7(16)5(4-12)18-8(10)14-3-2-6(15)13-9(14)17;1-10(11)7(16)5(4-14)18-8(10)13-3-2-6(15)12-9(13)17;1-5-7(15)10(2,11)8(17-5)13-4-3-6(14)12-9(13)16;8-7(9)6-4-2-1-3-5-6;1-2;;/h2-8,13-14H,9H2,1H3,(H,21,23,25);3-9,13,15H,1H2,2H3,(H,19,21,23);2-3,5,7-8,16H,4H2,1H3,(H,13,15,17);2-3,5,7-8,14,16H,4H2,1H3,(H,12,15,17);3-4,7-8,15H,1H2,2H3,(H,12,14,16);1-5H,(H,8,9);1H3;;/q;;;;;;-1;2*+1/p-1/t13-,14+,16+,17+;13-,15-,17-;2*5-,7-,8-,10-;7-,8-,10-;;;;/m01111..../s1. The van der Waals surface area contributed by atoms with E-state index >= 15 is 13.2 Å². The van der Waals surface area contributed by atoms with Gasteiger partial charge in [-0.25, -0.2) is 59.9 Å². The van der Waals surface area contributed by atoms with Gasteiger partial charge < -0.3 is 68.6 Å². The van der Waals surface area contributed by atoms with Gasteiger partial charge in [0, 0.05) is 65.7 Å². The third-order valence-electron chi connectivity index (χ3n) is 17.8. The van der Waals surface area contributed by atoms with Gasteiger partial charge in [0.05, 0.1) is 34.2 Å². The quantitative estimate of drug-likeness (QED) is 0.0171. The van der Waals surface area contributed by atoms with Gasteiger partial charge in [-0.1, -0.05) is 125 Å². The van der Waals surface area contributed by atoms with Gasteiger partial charge in [-0.3, -0.25) is 71.7 Å². The Balaban J connectivity index is 0.000000256. The van der Waals surface area contributed by atoms with Crippen LogP contribution in [0, 0.1) is 0 Å². The van der Waals surface area contributed by atoms with E-state index in [0.29, 0.717) is 4.43 Å². The summed E-state index contributed by atoms with van der Waals surface area (Å²) in [5.74, 6) is -5.75. The van der Waals surface area contributed by atoms with E-state index in [4.69, 9.17) is 43.4 Å². The molecular weight excluding hydrogens is 1830 g/mol. The van der Waals surface area contributed by atoms with Crippen molar-refractivity contribution in [3.05, 3.63) is 298 Å². The Morgan fingerprint density at radius 1 is 0.458 bits per heavy atom. The average molecular weight is 1910 g/mol. The van der Waals surface area contributed by atoms with E-state index in [1.54, 1.807) is 77.2 Å². The summed E-state index contributed by atoms with van der Waals surface area (Å²) >= 11 is 3.61. The number of aliphatic hydroxyl groups excluding tert-OH is 4. The van der Waals surface area contributed by atoms with Gasteiger partial charge >= 0.3 is 99.5 Å². The summed E-state index contributed by atoms with van der Waals surface area (Å²) in [7, 11) is 0.750. The number of halogens is 8. The molecule has 9 N–H and O–H groups in total. The Bertz CT molecular complexity index is 5360. The number of hydrogen-bond acceptors (Lipinski definition) is 26. The Hall–Kier alpha value is -8.73. The number of aromatic amines is 5. The van der Waals surface area contributed by atoms with E-state index in [2.05, 4.69) is 13.2 Å². The second-order valence-electron chi connectivity index (χ2n) is 26.2. The van der Waals surface area contributed by atoms with Crippen LogP contribution >= 0.6 is 45.2 Å². The molecule has 0 amide bonds. The first-order chi connectivity index (χ1) is 54.4. The molecule has 18 atom stereocenters. The maximum absolute atomic E-state index is 15.6. The number of benzene rings is 3. The van der Waals surface area contributed by atoms with Crippen molar-refractivity contribution >= 4 is 63.1 Å². The zero-order valence-electron chi connectivity index (χ0n) is 63.4. The van der Waals surface area contributed by atoms with Crippen LogP contribution in [-0.2, 0) is 33.2 Å². The number of carbonyl (C=O) groups is 3. The predicted octanol–water partition coefficient (Wildman–Crippen LogP) is -5.17. The second kappa shape index (κ2) is 42.0. The molecule has 626 valence electrons. The van der Waals surface area contributed by atoms with Gasteiger partial charge in [-0.2, -0.15) is 7.11 Å². The van der Waals surface area contributed by atoms with Crippen LogP contribution in [0.3, 0.4) is 0 Å². The third kappa shape index (κ3) is 22.8. The molecule has 0 spiro atoms. The van der Waals surface area contributed by atoms with Crippen LogP contribution in [0.4, 0.5) is 26.3 Å². The van der Waals surface area contributed by atoms with Crippen molar-refractivity contribution in [2.24, 2.45) is 0 Å². The second-order valence-corrected chi connectivity index (χ2v) is 27.9.